The van der Waals surface area contributed by atoms with Crippen LogP contribution in [-0.4, -0.2) is 44.5 Å². The minimum absolute atomic E-state index is 0.0413. The average Bonchev–Trinajstić information content (AvgIpc) is 2.37. The lowest BCUT2D eigenvalue weighted by atomic mass is 10.1. The molecule has 1 rings (SSSR count). The standard InChI is InChI=1S/C14H23N3O/c1-11(8-9-15)17(4)14(18)12-6-5-7-13(10-12)16(2)3/h5-7,10-11H,8-9,15H2,1-4H3. The first-order chi connectivity index (χ1) is 8.47. The number of nitrogens with zero attached hydrogens (tertiary/aromatic N) is 2. The molecule has 0 radical (unpaired) electrons. The van der Waals surface area contributed by atoms with E-state index in [4.69, 9.17) is 5.73 Å². The van der Waals surface area contributed by atoms with Crippen LogP contribution in [0.3, 0.4) is 0 Å². The molecule has 0 spiro atoms. The fraction of sp³-hybridized carbons (Fsp3) is 0.500. The van der Waals surface area contributed by atoms with Crippen LogP contribution >= 0.6 is 0 Å². The van der Waals surface area contributed by atoms with Gasteiger partial charge < -0.3 is 15.5 Å². The molecule has 0 saturated heterocycles. The van der Waals surface area contributed by atoms with E-state index in [9.17, 15) is 4.79 Å². The van der Waals surface area contributed by atoms with E-state index >= 15 is 0 Å². The molecule has 18 heavy (non-hydrogen) atoms. The van der Waals surface area contributed by atoms with Crippen molar-refractivity contribution in [1.82, 2.24) is 4.90 Å². The predicted octanol–water partition coefficient (Wildman–Crippen LogP) is 1.56. The molecule has 0 aliphatic heterocycles. The number of anilines is 1. The molecular weight excluding hydrogens is 226 g/mol. The van der Waals surface area contributed by atoms with Crippen molar-refractivity contribution in [2.75, 3.05) is 32.6 Å². The summed E-state index contributed by atoms with van der Waals surface area (Å²) >= 11 is 0. The van der Waals surface area contributed by atoms with Gasteiger partial charge >= 0.3 is 0 Å². The van der Waals surface area contributed by atoms with Gasteiger partial charge in [-0.15, -0.1) is 0 Å². The van der Waals surface area contributed by atoms with Crippen molar-refractivity contribution in [1.29, 1.82) is 0 Å². The Labute approximate surface area is 109 Å². The Morgan fingerprint density at radius 2 is 2.00 bits per heavy atom. The molecule has 100 valence electrons. The van der Waals surface area contributed by atoms with Gasteiger partial charge in [0, 0.05) is 38.4 Å². The third kappa shape index (κ3) is 3.47. The Hall–Kier alpha value is -1.55. The van der Waals surface area contributed by atoms with E-state index in [1.807, 2.05) is 57.2 Å². The Morgan fingerprint density at radius 1 is 1.33 bits per heavy atom. The number of benzene rings is 1. The second-order valence-electron chi connectivity index (χ2n) is 4.79. The van der Waals surface area contributed by atoms with Gasteiger partial charge in [-0.05, 0) is 38.1 Å². The van der Waals surface area contributed by atoms with Crippen LogP contribution in [0.1, 0.15) is 23.7 Å². The Morgan fingerprint density at radius 3 is 2.56 bits per heavy atom. The van der Waals surface area contributed by atoms with Gasteiger partial charge in [-0.1, -0.05) is 6.07 Å². The molecule has 1 aromatic rings. The van der Waals surface area contributed by atoms with Crippen molar-refractivity contribution in [2.45, 2.75) is 19.4 Å². The summed E-state index contributed by atoms with van der Waals surface area (Å²) < 4.78 is 0. The quantitative estimate of drug-likeness (QED) is 0.861. The van der Waals surface area contributed by atoms with E-state index in [1.54, 1.807) is 4.90 Å². The van der Waals surface area contributed by atoms with Crippen LogP contribution in [0.25, 0.3) is 0 Å². The predicted molar refractivity (Wildman–Crippen MR) is 76.0 cm³/mol. The lowest BCUT2D eigenvalue weighted by Gasteiger charge is -2.25. The molecule has 0 saturated carbocycles. The fourth-order valence-corrected chi connectivity index (χ4v) is 1.76. The third-order valence-electron chi connectivity index (χ3n) is 3.18. The summed E-state index contributed by atoms with van der Waals surface area (Å²) in [7, 11) is 5.75. The van der Waals surface area contributed by atoms with Crippen LogP contribution in [0, 0.1) is 0 Å². The van der Waals surface area contributed by atoms with Crippen LogP contribution in [-0.2, 0) is 0 Å². The maximum Gasteiger partial charge on any atom is 0.253 e. The number of nitrogens with two attached hydrogens (primary N) is 1. The molecule has 4 nitrogen and oxygen atoms in total. The number of hydrogen-bond acceptors (Lipinski definition) is 3. The minimum Gasteiger partial charge on any atom is -0.378 e. The monoisotopic (exact) mass is 249 g/mol. The maximum absolute atomic E-state index is 12.3. The van der Waals surface area contributed by atoms with E-state index < -0.39 is 0 Å². The fourth-order valence-electron chi connectivity index (χ4n) is 1.76. The summed E-state index contributed by atoms with van der Waals surface area (Å²) in [4.78, 5) is 16.0. The van der Waals surface area contributed by atoms with Crippen LogP contribution in [0.2, 0.25) is 0 Å². The highest BCUT2D eigenvalue weighted by Crippen LogP contribution is 2.16. The molecule has 1 atom stereocenters. The zero-order chi connectivity index (χ0) is 13.7. The molecule has 0 aliphatic carbocycles. The highest BCUT2D eigenvalue weighted by Gasteiger charge is 2.17. The third-order valence-corrected chi connectivity index (χ3v) is 3.18. The normalized spacial score (nSPS) is 12.1. The Balaban J connectivity index is 2.86. The lowest BCUT2D eigenvalue weighted by molar-refractivity contribution is 0.0739. The number of hydrogen-bond donors (Lipinski definition) is 1. The number of amides is 1. The van der Waals surface area contributed by atoms with E-state index in [2.05, 4.69) is 0 Å². The van der Waals surface area contributed by atoms with E-state index in [-0.39, 0.29) is 11.9 Å². The summed E-state index contributed by atoms with van der Waals surface area (Å²) in [5.41, 5.74) is 7.27. The maximum atomic E-state index is 12.3. The van der Waals surface area contributed by atoms with Crippen molar-refractivity contribution >= 4 is 11.6 Å². The number of rotatable bonds is 5. The van der Waals surface area contributed by atoms with Crippen molar-refractivity contribution in [3.8, 4) is 0 Å². The van der Waals surface area contributed by atoms with Crippen LogP contribution in [0.15, 0.2) is 24.3 Å². The lowest BCUT2D eigenvalue weighted by Crippen LogP contribution is -2.36. The van der Waals surface area contributed by atoms with E-state index in [0.29, 0.717) is 12.1 Å². The van der Waals surface area contributed by atoms with Gasteiger partial charge in [0.05, 0.1) is 0 Å². The number of carbonyl (C=O) groups excluding carboxylic acids is 1. The smallest absolute Gasteiger partial charge is 0.253 e. The Bertz CT molecular complexity index is 404. The highest BCUT2D eigenvalue weighted by molar-refractivity contribution is 5.95. The van der Waals surface area contributed by atoms with Crippen molar-refractivity contribution in [3.63, 3.8) is 0 Å². The molecule has 4 heteroatoms. The van der Waals surface area contributed by atoms with Crippen molar-refractivity contribution in [3.05, 3.63) is 29.8 Å². The molecule has 0 aliphatic rings. The second kappa shape index (κ2) is 6.40. The van der Waals surface area contributed by atoms with Gasteiger partial charge in [0.25, 0.3) is 5.91 Å². The molecule has 1 unspecified atom stereocenters. The Kier molecular flexibility index (Phi) is 5.16. The molecule has 0 aromatic heterocycles. The van der Waals surface area contributed by atoms with Crippen LogP contribution in [0.5, 0.6) is 0 Å². The first kappa shape index (κ1) is 14.5. The molecular formula is C14H23N3O. The van der Waals surface area contributed by atoms with Crippen LogP contribution in [0.4, 0.5) is 5.69 Å². The van der Waals surface area contributed by atoms with Gasteiger partial charge in [-0.3, -0.25) is 4.79 Å². The summed E-state index contributed by atoms with van der Waals surface area (Å²) in [6, 6.07) is 7.81. The molecule has 1 aromatic carbocycles. The van der Waals surface area contributed by atoms with E-state index in [0.717, 1.165) is 12.1 Å². The molecule has 1 amide bonds. The zero-order valence-electron chi connectivity index (χ0n) is 11.7. The van der Waals surface area contributed by atoms with Crippen molar-refractivity contribution in [2.24, 2.45) is 5.73 Å². The van der Waals surface area contributed by atoms with E-state index in [1.165, 1.54) is 0 Å². The minimum atomic E-state index is 0.0413. The number of carbonyl (C=O) groups is 1. The van der Waals surface area contributed by atoms with Gasteiger partial charge in [0.15, 0.2) is 0 Å². The highest BCUT2D eigenvalue weighted by atomic mass is 16.2. The summed E-state index contributed by atoms with van der Waals surface area (Å²) in [5.74, 6) is 0.0413. The summed E-state index contributed by atoms with van der Waals surface area (Å²) in [5, 5.41) is 0. The average molecular weight is 249 g/mol. The molecule has 0 bridgehead atoms. The molecule has 0 fully saturated rings. The molecule has 0 heterocycles. The molecule has 2 N–H and O–H groups in total. The van der Waals surface area contributed by atoms with Crippen LogP contribution < -0.4 is 10.6 Å². The van der Waals surface area contributed by atoms with Gasteiger partial charge in [0.2, 0.25) is 0 Å². The largest absolute Gasteiger partial charge is 0.378 e. The zero-order valence-corrected chi connectivity index (χ0v) is 11.7. The summed E-state index contributed by atoms with van der Waals surface area (Å²) in [6.07, 6.45) is 0.815. The first-order valence-electron chi connectivity index (χ1n) is 6.22. The van der Waals surface area contributed by atoms with Gasteiger partial charge in [-0.25, -0.2) is 0 Å². The summed E-state index contributed by atoms with van der Waals surface area (Å²) in [6.45, 7) is 2.61. The SMILES string of the molecule is CC(CCN)N(C)C(=O)c1cccc(N(C)C)c1. The topological polar surface area (TPSA) is 49.6 Å². The second-order valence-corrected chi connectivity index (χ2v) is 4.79. The van der Waals surface area contributed by atoms with Crippen molar-refractivity contribution < 1.29 is 4.79 Å². The van der Waals surface area contributed by atoms with Gasteiger partial charge in [0.1, 0.15) is 0 Å². The first-order valence-corrected chi connectivity index (χ1v) is 6.22. The van der Waals surface area contributed by atoms with Gasteiger partial charge in [-0.2, -0.15) is 0 Å².